The fourth-order valence-electron chi connectivity index (χ4n) is 3.81. The second-order valence-corrected chi connectivity index (χ2v) is 22.7. The Morgan fingerprint density at radius 1 is 0.972 bits per heavy atom. The van der Waals surface area contributed by atoms with Crippen LogP contribution in [0, 0.1) is 0 Å². The fraction of sp³-hybridized carbons (Fsp3) is 0.786. The minimum absolute atomic E-state index is 0.0451. The third kappa shape index (κ3) is 8.38. The Balaban J connectivity index is 2.10. The summed E-state index contributed by atoms with van der Waals surface area (Å²) in [6.45, 7) is 23.6. The molecule has 208 valence electrons. The summed E-state index contributed by atoms with van der Waals surface area (Å²) in [5.41, 5.74) is 1.11. The summed E-state index contributed by atoms with van der Waals surface area (Å²) in [5, 5.41) is 10.3. The van der Waals surface area contributed by atoms with E-state index in [4.69, 9.17) is 23.1 Å². The SMILES string of the molecule is COc1ccc(COCC[C@@H](O[Si](C)(C)C(C)(C)C)[C@@H]2C[C@H](O[Si](C)(C)C(C)(C)C)[C@H](CO)O2)cc1. The predicted octanol–water partition coefficient (Wildman–Crippen LogP) is 6.53. The molecule has 1 N–H and O–H groups in total. The molecule has 1 saturated heterocycles. The highest BCUT2D eigenvalue weighted by Gasteiger charge is 2.48. The van der Waals surface area contributed by atoms with E-state index in [2.05, 4.69) is 67.7 Å². The zero-order valence-electron chi connectivity index (χ0n) is 24.6. The minimum Gasteiger partial charge on any atom is -0.497 e. The lowest BCUT2D eigenvalue weighted by Gasteiger charge is -2.41. The summed E-state index contributed by atoms with van der Waals surface area (Å²) >= 11 is 0. The quantitative estimate of drug-likeness (QED) is 0.240. The van der Waals surface area contributed by atoms with E-state index >= 15 is 0 Å². The molecule has 1 fully saturated rings. The number of aliphatic hydroxyl groups is 1. The first-order valence-corrected chi connectivity index (χ1v) is 19.1. The average Bonchev–Trinajstić information content (AvgIpc) is 3.16. The van der Waals surface area contributed by atoms with E-state index in [0.29, 0.717) is 13.2 Å². The molecule has 0 radical (unpaired) electrons. The molecule has 0 bridgehead atoms. The summed E-state index contributed by atoms with van der Waals surface area (Å²) in [4.78, 5) is 0. The smallest absolute Gasteiger partial charge is 0.192 e. The van der Waals surface area contributed by atoms with Crippen LogP contribution in [0.2, 0.25) is 36.3 Å². The van der Waals surface area contributed by atoms with Gasteiger partial charge in [0.2, 0.25) is 0 Å². The largest absolute Gasteiger partial charge is 0.497 e. The third-order valence-corrected chi connectivity index (χ3v) is 17.3. The van der Waals surface area contributed by atoms with Crippen LogP contribution in [-0.2, 0) is 24.9 Å². The van der Waals surface area contributed by atoms with Gasteiger partial charge in [-0.15, -0.1) is 0 Å². The lowest BCUT2D eigenvalue weighted by atomic mass is 10.1. The number of hydrogen-bond donors (Lipinski definition) is 1. The highest BCUT2D eigenvalue weighted by molar-refractivity contribution is 6.74. The van der Waals surface area contributed by atoms with Crippen molar-refractivity contribution < 1.29 is 28.2 Å². The van der Waals surface area contributed by atoms with Gasteiger partial charge in [-0.05, 0) is 60.4 Å². The van der Waals surface area contributed by atoms with Gasteiger partial charge >= 0.3 is 0 Å². The van der Waals surface area contributed by atoms with Gasteiger partial charge in [0, 0.05) is 13.0 Å². The van der Waals surface area contributed by atoms with Crippen LogP contribution in [0.4, 0.5) is 0 Å². The number of hydrogen-bond acceptors (Lipinski definition) is 6. The molecule has 4 atom stereocenters. The van der Waals surface area contributed by atoms with Crippen LogP contribution >= 0.6 is 0 Å². The predicted molar refractivity (Wildman–Crippen MR) is 152 cm³/mol. The van der Waals surface area contributed by atoms with E-state index in [1.807, 2.05) is 24.3 Å². The van der Waals surface area contributed by atoms with E-state index in [-0.39, 0.29) is 41.1 Å². The van der Waals surface area contributed by atoms with Crippen molar-refractivity contribution in [3.63, 3.8) is 0 Å². The Morgan fingerprint density at radius 2 is 1.56 bits per heavy atom. The van der Waals surface area contributed by atoms with Crippen LogP contribution in [-0.4, -0.2) is 66.5 Å². The van der Waals surface area contributed by atoms with Crippen molar-refractivity contribution in [2.75, 3.05) is 20.3 Å². The second kappa shape index (κ2) is 12.4. The lowest BCUT2D eigenvalue weighted by Crippen LogP contribution is -2.47. The van der Waals surface area contributed by atoms with Gasteiger partial charge in [-0.25, -0.2) is 0 Å². The van der Waals surface area contributed by atoms with E-state index in [1.165, 1.54) is 0 Å². The van der Waals surface area contributed by atoms with E-state index in [9.17, 15) is 5.11 Å². The molecular formula is C28H52O6Si2. The maximum Gasteiger partial charge on any atom is 0.192 e. The number of benzene rings is 1. The molecular weight excluding hydrogens is 488 g/mol. The van der Waals surface area contributed by atoms with Crippen LogP contribution in [0.15, 0.2) is 24.3 Å². The molecule has 0 saturated carbocycles. The van der Waals surface area contributed by atoms with Crippen LogP contribution in [0.1, 0.15) is 59.9 Å². The molecule has 8 heteroatoms. The monoisotopic (exact) mass is 540 g/mol. The van der Waals surface area contributed by atoms with Crippen LogP contribution in [0.3, 0.4) is 0 Å². The summed E-state index contributed by atoms with van der Waals surface area (Å²) in [7, 11) is -2.38. The molecule has 6 nitrogen and oxygen atoms in total. The Bertz CT molecular complexity index is 798. The molecule has 2 rings (SSSR count). The Hall–Kier alpha value is -0.746. The van der Waals surface area contributed by atoms with Gasteiger partial charge in [-0.3, -0.25) is 0 Å². The molecule has 1 aromatic rings. The second-order valence-electron chi connectivity index (χ2n) is 13.2. The standard InChI is InChI=1S/C28H52O6Si2/c1-27(2,3)35(8,9)33-23(16-17-31-20-21-12-14-22(30-7)15-13-21)24-18-25(26(19-29)32-24)34-36(10,11)28(4,5)6/h12-15,23-26,29H,16-20H2,1-11H3/t23-,24+,25+,26+/m1/s1. The summed E-state index contributed by atoms with van der Waals surface area (Å²) in [6, 6.07) is 7.95. The Morgan fingerprint density at radius 3 is 2.06 bits per heavy atom. The molecule has 1 aliphatic rings. The van der Waals surface area contributed by atoms with Gasteiger partial charge in [0.05, 0.1) is 38.6 Å². The first-order valence-electron chi connectivity index (χ1n) is 13.3. The number of ether oxygens (including phenoxy) is 3. The van der Waals surface area contributed by atoms with Crippen LogP contribution in [0.25, 0.3) is 0 Å². The van der Waals surface area contributed by atoms with Crippen molar-refractivity contribution >= 4 is 16.6 Å². The average molecular weight is 541 g/mol. The zero-order chi connectivity index (χ0) is 27.4. The van der Waals surface area contributed by atoms with Crippen molar-refractivity contribution in [1.29, 1.82) is 0 Å². The zero-order valence-corrected chi connectivity index (χ0v) is 26.6. The lowest BCUT2D eigenvalue weighted by molar-refractivity contribution is -0.0638. The molecule has 0 amide bonds. The van der Waals surface area contributed by atoms with Gasteiger partial charge in [-0.2, -0.15) is 0 Å². The van der Waals surface area contributed by atoms with Crippen LogP contribution < -0.4 is 4.74 Å². The highest BCUT2D eigenvalue weighted by Crippen LogP contribution is 2.42. The van der Waals surface area contributed by atoms with Crippen LogP contribution in [0.5, 0.6) is 5.75 Å². The summed E-state index contributed by atoms with van der Waals surface area (Å²) in [6.07, 6.45) is 0.786. The first kappa shape index (κ1) is 31.5. The molecule has 0 spiro atoms. The van der Waals surface area contributed by atoms with E-state index in [1.54, 1.807) is 7.11 Å². The van der Waals surface area contributed by atoms with Crippen molar-refractivity contribution in [2.24, 2.45) is 0 Å². The van der Waals surface area contributed by atoms with Crippen molar-refractivity contribution in [3.8, 4) is 5.75 Å². The molecule has 0 aromatic heterocycles. The maximum atomic E-state index is 10.1. The maximum absolute atomic E-state index is 10.1. The molecule has 1 aliphatic heterocycles. The van der Waals surface area contributed by atoms with E-state index in [0.717, 1.165) is 24.2 Å². The highest BCUT2D eigenvalue weighted by atomic mass is 28.4. The topological polar surface area (TPSA) is 66.4 Å². The Labute approximate surface area is 222 Å². The number of rotatable bonds is 12. The minimum atomic E-state index is -2.05. The van der Waals surface area contributed by atoms with Gasteiger partial charge in [0.15, 0.2) is 16.6 Å². The normalized spacial score (nSPS) is 22.6. The third-order valence-electron chi connectivity index (χ3n) is 8.30. The van der Waals surface area contributed by atoms with Crippen molar-refractivity contribution in [1.82, 2.24) is 0 Å². The molecule has 0 unspecified atom stereocenters. The molecule has 36 heavy (non-hydrogen) atoms. The van der Waals surface area contributed by atoms with Gasteiger partial charge in [0.1, 0.15) is 11.9 Å². The summed E-state index contributed by atoms with van der Waals surface area (Å²) < 4.78 is 31.3. The number of aliphatic hydroxyl groups excluding tert-OH is 1. The first-order chi connectivity index (χ1) is 16.5. The van der Waals surface area contributed by atoms with Crippen molar-refractivity contribution in [2.45, 2.75) is 122 Å². The Kier molecular flexibility index (Phi) is 10.8. The van der Waals surface area contributed by atoms with Gasteiger partial charge < -0.3 is 28.2 Å². The summed E-state index contributed by atoms with van der Waals surface area (Å²) in [5.74, 6) is 0.841. The van der Waals surface area contributed by atoms with Gasteiger partial charge in [-0.1, -0.05) is 53.7 Å². The molecule has 0 aliphatic carbocycles. The molecule has 1 heterocycles. The van der Waals surface area contributed by atoms with Gasteiger partial charge in [0.25, 0.3) is 0 Å². The number of methoxy groups -OCH3 is 1. The van der Waals surface area contributed by atoms with E-state index < -0.39 is 16.6 Å². The fourth-order valence-corrected chi connectivity index (χ4v) is 6.55. The molecule has 1 aromatic carbocycles. The van der Waals surface area contributed by atoms with Crippen molar-refractivity contribution in [3.05, 3.63) is 29.8 Å².